The maximum atomic E-state index is 12.4. The summed E-state index contributed by atoms with van der Waals surface area (Å²) in [6.45, 7) is 1.16. The van der Waals surface area contributed by atoms with Crippen LogP contribution in [0.1, 0.15) is 24.5 Å². The SMILES string of the molecule is O=C(O)C1(C(=O)N2CCOC(c3ccccc3Cl)C2)CC1. The molecule has 0 bridgehead atoms. The lowest BCUT2D eigenvalue weighted by molar-refractivity contribution is -0.157. The van der Waals surface area contributed by atoms with Gasteiger partial charge >= 0.3 is 5.97 Å². The maximum absolute atomic E-state index is 12.4. The second kappa shape index (κ2) is 5.31. The number of aliphatic carboxylic acids is 1. The Bertz CT molecular complexity index is 585. The number of halogens is 1. The Balaban J connectivity index is 1.76. The molecule has 21 heavy (non-hydrogen) atoms. The molecule has 0 spiro atoms. The first-order valence-corrected chi connectivity index (χ1v) is 7.31. The second-order valence-corrected chi connectivity index (χ2v) is 5.93. The zero-order valence-corrected chi connectivity index (χ0v) is 12.2. The van der Waals surface area contributed by atoms with Gasteiger partial charge in [-0.3, -0.25) is 9.59 Å². The minimum Gasteiger partial charge on any atom is -0.480 e. The Hall–Kier alpha value is -1.59. The molecule has 6 heteroatoms. The Morgan fingerprint density at radius 1 is 1.33 bits per heavy atom. The molecule has 1 aromatic carbocycles. The highest BCUT2D eigenvalue weighted by Gasteiger charge is 2.58. The molecule has 1 unspecified atom stereocenters. The largest absolute Gasteiger partial charge is 0.480 e. The number of nitrogens with zero attached hydrogens (tertiary/aromatic N) is 1. The average molecular weight is 310 g/mol. The first-order valence-electron chi connectivity index (χ1n) is 6.93. The monoisotopic (exact) mass is 309 g/mol. The number of amides is 1. The molecule has 3 rings (SSSR count). The summed E-state index contributed by atoms with van der Waals surface area (Å²) < 4.78 is 5.69. The van der Waals surface area contributed by atoms with Crippen LogP contribution in [-0.2, 0) is 14.3 Å². The summed E-state index contributed by atoms with van der Waals surface area (Å²) >= 11 is 6.16. The molecule has 0 radical (unpaired) electrons. The van der Waals surface area contributed by atoms with Crippen LogP contribution in [0.5, 0.6) is 0 Å². The second-order valence-electron chi connectivity index (χ2n) is 5.52. The fraction of sp³-hybridized carbons (Fsp3) is 0.467. The van der Waals surface area contributed by atoms with Gasteiger partial charge in [-0.2, -0.15) is 0 Å². The van der Waals surface area contributed by atoms with E-state index >= 15 is 0 Å². The lowest BCUT2D eigenvalue weighted by Gasteiger charge is -2.35. The quantitative estimate of drug-likeness (QED) is 0.868. The van der Waals surface area contributed by atoms with Crippen LogP contribution in [0.3, 0.4) is 0 Å². The number of rotatable bonds is 3. The van der Waals surface area contributed by atoms with E-state index in [2.05, 4.69) is 0 Å². The van der Waals surface area contributed by atoms with Crippen LogP contribution in [0.15, 0.2) is 24.3 Å². The van der Waals surface area contributed by atoms with Crippen LogP contribution in [0.4, 0.5) is 0 Å². The molecule has 2 aliphatic rings. The Morgan fingerprint density at radius 2 is 2.05 bits per heavy atom. The number of carbonyl (C=O) groups excluding carboxylic acids is 1. The first kappa shape index (κ1) is 14.4. The van der Waals surface area contributed by atoms with Gasteiger partial charge in [0.2, 0.25) is 5.91 Å². The molecule has 1 heterocycles. The number of morpholine rings is 1. The summed E-state index contributed by atoms with van der Waals surface area (Å²) in [6, 6.07) is 7.35. The van der Waals surface area contributed by atoms with E-state index in [1.54, 1.807) is 11.0 Å². The third kappa shape index (κ3) is 2.51. The van der Waals surface area contributed by atoms with Crippen molar-refractivity contribution < 1.29 is 19.4 Å². The van der Waals surface area contributed by atoms with Gasteiger partial charge in [0.25, 0.3) is 0 Å². The van der Waals surface area contributed by atoms with E-state index in [1.165, 1.54) is 0 Å². The smallest absolute Gasteiger partial charge is 0.319 e. The Labute approximate surface area is 127 Å². The van der Waals surface area contributed by atoms with Crippen molar-refractivity contribution in [3.63, 3.8) is 0 Å². The van der Waals surface area contributed by atoms with Gasteiger partial charge in [0, 0.05) is 17.1 Å². The molecule has 1 aliphatic carbocycles. The van der Waals surface area contributed by atoms with Crippen molar-refractivity contribution in [3.8, 4) is 0 Å². The average Bonchev–Trinajstić information content (AvgIpc) is 3.29. The fourth-order valence-electron chi connectivity index (χ4n) is 2.70. The molecule has 1 aliphatic heterocycles. The molecular formula is C15H16ClNO4. The van der Waals surface area contributed by atoms with E-state index in [9.17, 15) is 14.7 Å². The number of hydrogen-bond donors (Lipinski definition) is 1. The zero-order valence-electron chi connectivity index (χ0n) is 11.4. The summed E-state index contributed by atoms with van der Waals surface area (Å²) in [5.74, 6) is -1.32. The number of carbonyl (C=O) groups is 2. The van der Waals surface area contributed by atoms with E-state index in [0.29, 0.717) is 37.6 Å². The van der Waals surface area contributed by atoms with Crippen molar-refractivity contribution in [1.29, 1.82) is 0 Å². The number of hydrogen-bond acceptors (Lipinski definition) is 3. The van der Waals surface area contributed by atoms with Crippen LogP contribution in [-0.4, -0.2) is 41.6 Å². The van der Waals surface area contributed by atoms with Gasteiger partial charge in [-0.15, -0.1) is 0 Å². The minimum absolute atomic E-state index is 0.296. The molecule has 1 aromatic rings. The van der Waals surface area contributed by atoms with Crippen molar-refractivity contribution in [1.82, 2.24) is 4.90 Å². The van der Waals surface area contributed by atoms with Gasteiger partial charge in [-0.1, -0.05) is 29.8 Å². The van der Waals surface area contributed by atoms with Gasteiger partial charge in [0.1, 0.15) is 11.5 Å². The summed E-state index contributed by atoms with van der Waals surface area (Å²) in [6.07, 6.45) is 0.547. The first-order chi connectivity index (χ1) is 10.0. The molecule has 112 valence electrons. The van der Waals surface area contributed by atoms with E-state index in [1.807, 2.05) is 18.2 Å². The molecule has 1 atom stereocenters. The normalized spacial score (nSPS) is 23.7. The Kier molecular flexibility index (Phi) is 3.63. The molecule has 1 N–H and O–H groups in total. The van der Waals surface area contributed by atoms with Gasteiger partial charge in [-0.25, -0.2) is 0 Å². The highest BCUT2D eigenvalue weighted by molar-refractivity contribution is 6.31. The summed E-state index contributed by atoms with van der Waals surface area (Å²) in [5, 5.41) is 9.83. The van der Waals surface area contributed by atoms with Crippen molar-refractivity contribution >= 4 is 23.5 Å². The maximum Gasteiger partial charge on any atom is 0.319 e. The number of carboxylic acid groups (broad SMARTS) is 1. The van der Waals surface area contributed by atoms with E-state index in [0.717, 1.165) is 5.56 Å². The molecule has 1 saturated carbocycles. The molecule has 5 nitrogen and oxygen atoms in total. The molecular weight excluding hydrogens is 294 g/mol. The van der Waals surface area contributed by atoms with Gasteiger partial charge < -0.3 is 14.7 Å². The van der Waals surface area contributed by atoms with Gasteiger partial charge in [-0.05, 0) is 18.9 Å². The lowest BCUT2D eigenvalue weighted by atomic mass is 10.0. The summed E-state index contributed by atoms with van der Waals surface area (Å²) in [4.78, 5) is 25.3. The number of benzene rings is 1. The van der Waals surface area contributed by atoms with Crippen LogP contribution >= 0.6 is 11.6 Å². The third-order valence-electron chi connectivity index (χ3n) is 4.17. The van der Waals surface area contributed by atoms with Crippen LogP contribution < -0.4 is 0 Å². The topological polar surface area (TPSA) is 66.8 Å². The van der Waals surface area contributed by atoms with Crippen LogP contribution in [0.25, 0.3) is 0 Å². The van der Waals surface area contributed by atoms with E-state index in [4.69, 9.17) is 16.3 Å². The van der Waals surface area contributed by atoms with Gasteiger partial charge in [0.05, 0.1) is 13.2 Å². The molecule has 2 fully saturated rings. The van der Waals surface area contributed by atoms with Gasteiger partial charge in [0.15, 0.2) is 0 Å². The Morgan fingerprint density at radius 3 is 2.67 bits per heavy atom. The van der Waals surface area contributed by atoms with Crippen molar-refractivity contribution in [3.05, 3.63) is 34.9 Å². The van der Waals surface area contributed by atoms with E-state index < -0.39 is 11.4 Å². The predicted molar refractivity (Wildman–Crippen MR) is 76.0 cm³/mol. The fourth-order valence-corrected chi connectivity index (χ4v) is 2.96. The zero-order chi connectivity index (χ0) is 15.0. The number of carboxylic acids is 1. The van der Waals surface area contributed by atoms with E-state index in [-0.39, 0.29) is 12.0 Å². The number of ether oxygens (including phenoxy) is 1. The molecule has 0 aromatic heterocycles. The summed E-state index contributed by atoms with van der Waals surface area (Å²) in [5.41, 5.74) is -0.362. The van der Waals surface area contributed by atoms with Crippen LogP contribution in [0.2, 0.25) is 5.02 Å². The highest BCUT2D eigenvalue weighted by atomic mass is 35.5. The summed E-state index contributed by atoms with van der Waals surface area (Å²) in [7, 11) is 0. The molecule has 1 saturated heterocycles. The minimum atomic E-state index is -1.19. The molecule has 1 amide bonds. The standard InChI is InChI=1S/C15H16ClNO4/c16-11-4-2-1-3-10(11)12-9-17(7-8-21-12)13(18)15(5-6-15)14(19)20/h1-4,12H,5-9H2,(H,19,20). The van der Waals surface area contributed by atoms with Crippen molar-refractivity contribution in [2.75, 3.05) is 19.7 Å². The van der Waals surface area contributed by atoms with Crippen molar-refractivity contribution in [2.45, 2.75) is 18.9 Å². The third-order valence-corrected chi connectivity index (χ3v) is 4.52. The predicted octanol–water partition coefficient (Wildman–Crippen LogP) is 2.10. The highest BCUT2D eigenvalue weighted by Crippen LogP contribution is 2.48. The lowest BCUT2D eigenvalue weighted by Crippen LogP contribution is -2.47. The van der Waals surface area contributed by atoms with Crippen molar-refractivity contribution in [2.24, 2.45) is 5.41 Å². The van der Waals surface area contributed by atoms with Crippen LogP contribution in [0, 0.1) is 5.41 Å².